The number of nitrogens with zero attached hydrogens (tertiary/aromatic N) is 1. The molecule has 0 amide bonds. The number of carbonyl (C=O) groups excluding carboxylic acids is 1. The van der Waals surface area contributed by atoms with Crippen LogP contribution in [0.2, 0.25) is 0 Å². The summed E-state index contributed by atoms with van der Waals surface area (Å²) < 4.78 is 39.1. The van der Waals surface area contributed by atoms with Crippen molar-refractivity contribution in [3.05, 3.63) is 52.0 Å². The molecule has 1 aromatic carbocycles. The molecule has 0 saturated carbocycles. The van der Waals surface area contributed by atoms with E-state index >= 15 is 0 Å². The summed E-state index contributed by atoms with van der Waals surface area (Å²) in [5.41, 5.74) is 0.800. The SMILES string of the molecule is O=C(OCCc1cc2cc(Br)ccc2o1)C1CCN(S(=O)(=O)c2cccs2)CC1. The second-order valence-electron chi connectivity index (χ2n) is 6.92. The van der Waals surface area contributed by atoms with Gasteiger partial charge in [-0.05, 0) is 48.6 Å². The summed E-state index contributed by atoms with van der Waals surface area (Å²) in [6, 6.07) is 11.1. The van der Waals surface area contributed by atoms with Crippen molar-refractivity contribution in [2.75, 3.05) is 19.7 Å². The number of sulfonamides is 1. The van der Waals surface area contributed by atoms with Gasteiger partial charge in [0.25, 0.3) is 10.0 Å². The zero-order valence-electron chi connectivity index (χ0n) is 15.5. The molecule has 0 aliphatic carbocycles. The summed E-state index contributed by atoms with van der Waals surface area (Å²) in [6.07, 6.45) is 1.45. The van der Waals surface area contributed by atoms with Crippen molar-refractivity contribution < 1.29 is 22.4 Å². The highest BCUT2D eigenvalue weighted by Crippen LogP contribution is 2.27. The number of ether oxygens (including phenoxy) is 1. The number of benzene rings is 1. The Morgan fingerprint density at radius 1 is 1.24 bits per heavy atom. The third-order valence-corrected chi connectivity index (χ3v) is 8.76. The maximum atomic E-state index is 12.6. The first-order valence-electron chi connectivity index (χ1n) is 9.32. The van der Waals surface area contributed by atoms with Crippen LogP contribution in [0.3, 0.4) is 0 Å². The topological polar surface area (TPSA) is 76.8 Å². The predicted molar refractivity (Wildman–Crippen MR) is 114 cm³/mol. The van der Waals surface area contributed by atoms with E-state index in [0.717, 1.165) is 21.2 Å². The van der Waals surface area contributed by atoms with E-state index < -0.39 is 10.0 Å². The lowest BCUT2D eigenvalue weighted by Crippen LogP contribution is -2.40. The first kappa shape index (κ1) is 20.6. The molecule has 0 atom stereocenters. The molecular formula is C20H20BrNO5S2. The van der Waals surface area contributed by atoms with Gasteiger partial charge in [-0.25, -0.2) is 8.42 Å². The first-order chi connectivity index (χ1) is 13.9. The van der Waals surface area contributed by atoms with Crippen molar-refractivity contribution in [2.24, 2.45) is 5.92 Å². The van der Waals surface area contributed by atoms with E-state index in [-0.39, 0.29) is 18.5 Å². The molecule has 1 fully saturated rings. The monoisotopic (exact) mass is 497 g/mol. The van der Waals surface area contributed by atoms with E-state index in [1.54, 1.807) is 17.5 Å². The Balaban J connectivity index is 1.26. The fourth-order valence-corrected chi connectivity index (χ4v) is 6.42. The minimum atomic E-state index is -3.45. The number of esters is 1. The zero-order valence-corrected chi connectivity index (χ0v) is 18.8. The summed E-state index contributed by atoms with van der Waals surface area (Å²) in [4.78, 5) is 12.4. The van der Waals surface area contributed by atoms with E-state index in [1.165, 1.54) is 15.6 Å². The lowest BCUT2D eigenvalue weighted by atomic mass is 9.98. The summed E-state index contributed by atoms with van der Waals surface area (Å²) in [7, 11) is -3.45. The fraction of sp³-hybridized carbons (Fsp3) is 0.350. The highest BCUT2D eigenvalue weighted by Gasteiger charge is 2.33. The van der Waals surface area contributed by atoms with Gasteiger partial charge < -0.3 is 9.15 Å². The van der Waals surface area contributed by atoms with Crippen LogP contribution in [0.5, 0.6) is 0 Å². The van der Waals surface area contributed by atoms with Gasteiger partial charge in [-0.15, -0.1) is 11.3 Å². The van der Waals surface area contributed by atoms with Crippen molar-refractivity contribution in [2.45, 2.75) is 23.5 Å². The standard InChI is InChI=1S/C20H20BrNO5S2/c21-16-3-4-18-15(12-16)13-17(27-18)7-10-26-20(23)14-5-8-22(9-6-14)29(24,25)19-2-1-11-28-19/h1-4,11-14H,5-10H2. The molecular weight excluding hydrogens is 478 g/mol. The van der Waals surface area contributed by atoms with Crippen molar-refractivity contribution >= 4 is 54.2 Å². The average molecular weight is 498 g/mol. The molecule has 29 heavy (non-hydrogen) atoms. The lowest BCUT2D eigenvalue weighted by molar-refractivity contribution is -0.149. The molecule has 1 saturated heterocycles. The maximum absolute atomic E-state index is 12.6. The Labute approximate surface area is 181 Å². The number of carbonyl (C=O) groups is 1. The van der Waals surface area contributed by atoms with Crippen molar-refractivity contribution in [3.8, 4) is 0 Å². The Hall–Kier alpha value is -1.68. The van der Waals surface area contributed by atoms with Gasteiger partial charge in [-0.1, -0.05) is 22.0 Å². The van der Waals surface area contributed by atoms with Crippen LogP contribution >= 0.6 is 27.3 Å². The third-order valence-electron chi connectivity index (χ3n) is 5.00. The number of hydrogen-bond donors (Lipinski definition) is 0. The average Bonchev–Trinajstić information content (AvgIpc) is 3.38. The van der Waals surface area contributed by atoms with Crippen LogP contribution < -0.4 is 0 Å². The van der Waals surface area contributed by atoms with E-state index in [0.29, 0.717) is 36.6 Å². The molecule has 3 aromatic rings. The van der Waals surface area contributed by atoms with Crippen LogP contribution in [0.25, 0.3) is 11.0 Å². The smallest absolute Gasteiger partial charge is 0.309 e. The first-order valence-corrected chi connectivity index (χ1v) is 12.4. The Morgan fingerprint density at radius 2 is 2.03 bits per heavy atom. The number of halogens is 1. The van der Waals surface area contributed by atoms with E-state index in [4.69, 9.17) is 9.15 Å². The lowest BCUT2D eigenvalue weighted by Gasteiger charge is -2.29. The molecule has 0 unspecified atom stereocenters. The Bertz CT molecular complexity index is 1100. The van der Waals surface area contributed by atoms with Crippen LogP contribution in [-0.2, 0) is 26.0 Å². The molecule has 2 aromatic heterocycles. The molecule has 9 heteroatoms. The molecule has 0 spiro atoms. The summed E-state index contributed by atoms with van der Waals surface area (Å²) in [6.45, 7) is 0.907. The molecule has 4 rings (SSSR count). The fourth-order valence-electron chi connectivity index (χ4n) is 3.43. The van der Waals surface area contributed by atoms with Crippen LogP contribution in [0.4, 0.5) is 0 Å². The van der Waals surface area contributed by atoms with Gasteiger partial charge in [-0.3, -0.25) is 4.79 Å². The number of piperidine rings is 1. The predicted octanol–water partition coefficient (Wildman–Crippen LogP) is 4.44. The van der Waals surface area contributed by atoms with Gasteiger partial charge in [-0.2, -0.15) is 4.31 Å². The minimum Gasteiger partial charge on any atom is -0.465 e. The van der Waals surface area contributed by atoms with Gasteiger partial charge in [0.2, 0.25) is 0 Å². The summed E-state index contributed by atoms with van der Waals surface area (Å²) in [5, 5.41) is 2.75. The molecule has 0 N–H and O–H groups in total. The maximum Gasteiger partial charge on any atom is 0.309 e. The molecule has 3 heterocycles. The van der Waals surface area contributed by atoms with Crippen molar-refractivity contribution in [1.29, 1.82) is 0 Å². The molecule has 6 nitrogen and oxygen atoms in total. The summed E-state index contributed by atoms with van der Waals surface area (Å²) >= 11 is 4.64. The number of rotatable bonds is 6. The van der Waals surface area contributed by atoms with Gasteiger partial charge in [0.15, 0.2) is 0 Å². The van der Waals surface area contributed by atoms with Crippen LogP contribution in [0.1, 0.15) is 18.6 Å². The van der Waals surface area contributed by atoms with E-state index in [9.17, 15) is 13.2 Å². The van der Waals surface area contributed by atoms with Gasteiger partial charge >= 0.3 is 5.97 Å². The third kappa shape index (κ3) is 4.58. The molecule has 1 aliphatic heterocycles. The summed E-state index contributed by atoms with van der Waals surface area (Å²) in [5.74, 6) is 0.233. The van der Waals surface area contributed by atoms with Crippen LogP contribution in [-0.4, -0.2) is 38.4 Å². The van der Waals surface area contributed by atoms with Gasteiger partial charge in [0.1, 0.15) is 15.6 Å². The van der Waals surface area contributed by atoms with E-state index in [1.807, 2.05) is 24.3 Å². The molecule has 1 aliphatic rings. The van der Waals surface area contributed by atoms with Gasteiger partial charge in [0, 0.05) is 29.4 Å². The minimum absolute atomic E-state index is 0.244. The number of hydrogen-bond acceptors (Lipinski definition) is 6. The van der Waals surface area contributed by atoms with E-state index in [2.05, 4.69) is 15.9 Å². The number of furan rings is 1. The molecule has 0 bridgehead atoms. The molecule has 0 radical (unpaired) electrons. The van der Waals surface area contributed by atoms with Crippen molar-refractivity contribution in [3.63, 3.8) is 0 Å². The highest BCUT2D eigenvalue weighted by molar-refractivity contribution is 9.10. The number of fused-ring (bicyclic) bond motifs is 1. The second kappa shape index (κ2) is 8.59. The normalized spacial score (nSPS) is 16.3. The van der Waals surface area contributed by atoms with Crippen molar-refractivity contribution in [1.82, 2.24) is 4.31 Å². The largest absolute Gasteiger partial charge is 0.465 e. The zero-order chi connectivity index (χ0) is 20.4. The number of thiophene rings is 1. The Morgan fingerprint density at radius 3 is 2.76 bits per heavy atom. The van der Waals surface area contributed by atoms with Crippen LogP contribution in [0, 0.1) is 5.92 Å². The highest BCUT2D eigenvalue weighted by atomic mass is 79.9. The quantitative estimate of drug-likeness (QED) is 0.470. The Kier molecular flexibility index (Phi) is 6.10. The van der Waals surface area contributed by atoms with Gasteiger partial charge in [0.05, 0.1) is 12.5 Å². The molecule has 154 valence electrons. The second-order valence-corrected chi connectivity index (χ2v) is 11.0. The van der Waals surface area contributed by atoms with Crippen LogP contribution in [0.15, 0.2) is 54.9 Å².